The van der Waals surface area contributed by atoms with Crippen LogP contribution in [0.3, 0.4) is 0 Å². The van der Waals surface area contributed by atoms with Crippen LogP contribution in [0.25, 0.3) is 11.2 Å². The number of hydrogen-bond acceptors (Lipinski definition) is 31. The number of nitrogen functional groups attached to an aromatic ring is 1. The lowest BCUT2D eigenvalue weighted by Gasteiger charge is -2.39. The maximum atomic E-state index is 13.6. The number of nitrogens with zero attached hydrogens (tertiary/aromatic N) is 9. The zero-order chi connectivity index (χ0) is 82.4. The molecular formula is C71H113N13O21Si2. The van der Waals surface area contributed by atoms with Gasteiger partial charge in [-0.3, -0.25) is 24.2 Å². The molecule has 34 nitrogen and oxygen atoms in total. The van der Waals surface area contributed by atoms with E-state index in [1.165, 1.54) is 13.1 Å². The van der Waals surface area contributed by atoms with E-state index >= 15 is 0 Å². The third-order valence-corrected chi connectivity index (χ3v) is 25.0. The number of aliphatic hydroxyl groups excluding tert-OH is 1. The first-order valence-corrected chi connectivity index (χ1v) is 40.8. The lowest BCUT2D eigenvalue weighted by molar-refractivity contribution is -0.130. The summed E-state index contributed by atoms with van der Waals surface area (Å²) in [5.74, 6) is -3.07. The van der Waals surface area contributed by atoms with Crippen LogP contribution in [0.2, 0.25) is 36.3 Å². The molecule has 107 heavy (non-hydrogen) atoms. The predicted molar refractivity (Wildman–Crippen MR) is 403 cm³/mol. The Morgan fingerprint density at radius 3 is 1.26 bits per heavy atom. The normalized spacial score (nSPS) is 15.9. The predicted octanol–water partition coefficient (Wildman–Crippen LogP) is 12.9. The van der Waals surface area contributed by atoms with E-state index in [0.717, 1.165) is 0 Å². The average molecular weight is 1540 g/mol. The molecule has 0 spiro atoms. The first kappa shape index (κ1) is 90.5. The molecule has 4 aromatic heterocycles. The van der Waals surface area contributed by atoms with E-state index in [4.69, 9.17) is 52.5 Å². The number of H-pyrrole nitrogens is 1. The number of carbonyl (C=O) groups is 9. The molecule has 6 rings (SSSR count). The van der Waals surface area contributed by atoms with Gasteiger partial charge >= 0.3 is 36.7 Å². The molecule has 596 valence electrons. The first-order valence-electron chi connectivity index (χ1n) is 35.0. The van der Waals surface area contributed by atoms with Gasteiger partial charge in [-0.05, 0) is 195 Å². The highest BCUT2D eigenvalue weighted by Gasteiger charge is 2.45. The number of aromatic amines is 1. The SMILES string of the molecule is C[C@H](O)C(=O)[C@@H]1CNc2nc(N)[nH]c(=O)c2C1.C[C@H](O[Si](C)(C)C(C)(C)C)C(=O)[C@@H]1CNc2nc(N(C(=O)OC(C)(C)C)C(=O)OC(C)(C)C)nc(OC(=O)OC(C)(C)C)c2C1.C[C@H](O[Si](C)(C)C(C)(C)C)C(=O)c1cnc2nc(N(C(=O)OC(C)(C)C)C(=O)OC(C)(C)C)nc(OC(=O)OC(C)(C)C)c2n1. The number of carbonyl (C=O) groups excluding carboxylic acids is 9. The lowest BCUT2D eigenvalue weighted by atomic mass is 9.90. The second kappa shape index (κ2) is 33.7. The first-order chi connectivity index (χ1) is 48.2. The van der Waals surface area contributed by atoms with E-state index in [2.05, 4.69) is 105 Å². The van der Waals surface area contributed by atoms with Crippen LogP contribution in [-0.2, 0) is 59.7 Å². The summed E-state index contributed by atoms with van der Waals surface area (Å²) in [6, 6.07) is 0. The Balaban J connectivity index is 0.000000370. The molecule has 36 heteroatoms. The maximum absolute atomic E-state index is 13.6. The number of aromatic nitrogens is 8. The van der Waals surface area contributed by atoms with Gasteiger partial charge in [0.25, 0.3) is 11.4 Å². The number of amides is 4. The number of hydrogen-bond donors (Lipinski definition) is 5. The van der Waals surface area contributed by atoms with E-state index in [-0.39, 0.29) is 81.1 Å². The van der Waals surface area contributed by atoms with Crippen molar-refractivity contribution in [2.45, 2.75) is 288 Å². The van der Waals surface area contributed by atoms with Crippen molar-refractivity contribution in [2.75, 3.05) is 39.3 Å². The molecule has 0 bridgehead atoms. The minimum atomic E-state index is -2.32. The van der Waals surface area contributed by atoms with Crippen molar-refractivity contribution in [2.24, 2.45) is 11.8 Å². The number of rotatable bonds is 14. The van der Waals surface area contributed by atoms with Crippen LogP contribution in [-0.4, -0.2) is 181 Å². The molecule has 0 saturated carbocycles. The number of Topliss-reactive ketones (excluding diaryl/α,β-unsaturated/α-hetero) is 3. The monoisotopic (exact) mass is 1540 g/mol. The fraction of sp³-hybridized carbons (Fsp3) is 0.676. The lowest BCUT2D eigenvalue weighted by Crippen LogP contribution is -2.47. The van der Waals surface area contributed by atoms with Gasteiger partial charge in [0, 0.05) is 24.9 Å². The van der Waals surface area contributed by atoms with Gasteiger partial charge in [0.1, 0.15) is 69.2 Å². The summed E-state index contributed by atoms with van der Waals surface area (Å²) < 4.78 is 55.9. The van der Waals surface area contributed by atoms with Crippen LogP contribution in [0.1, 0.15) is 209 Å². The van der Waals surface area contributed by atoms with Crippen molar-refractivity contribution in [3.05, 3.63) is 33.4 Å². The summed E-state index contributed by atoms with van der Waals surface area (Å²) in [5, 5.41) is 15.0. The van der Waals surface area contributed by atoms with Crippen molar-refractivity contribution in [1.82, 2.24) is 39.9 Å². The number of anilines is 5. The number of imide groups is 2. The summed E-state index contributed by atoms with van der Waals surface area (Å²) in [4.78, 5) is 162. The van der Waals surface area contributed by atoms with Gasteiger partial charge in [-0.15, -0.1) is 9.80 Å². The van der Waals surface area contributed by atoms with Crippen molar-refractivity contribution in [3.63, 3.8) is 0 Å². The third kappa shape index (κ3) is 27.1. The van der Waals surface area contributed by atoms with Crippen molar-refractivity contribution in [1.29, 1.82) is 0 Å². The molecule has 2 aliphatic rings. The Morgan fingerprint density at radius 1 is 0.495 bits per heavy atom. The largest absolute Gasteiger partial charge is 0.515 e. The minimum Gasteiger partial charge on any atom is -0.443 e. The number of ketones is 3. The molecule has 5 atom stereocenters. The molecule has 4 amide bonds. The molecular weight excluding hydrogens is 1430 g/mol. The fourth-order valence-corrected chi connectivity index (χ4v) is 11.8. The van der Waals surface area contributed by atoms with Crippen LogP contribution in [0, 0.1) is 11.8 Å². The van der Waals surface area contributed by atoms with Gasteiger partial charge < -0.3 is 68.2 Å². The van der Waals surface area contributed by atoms with Crippen molar-refractivity contribution in [3.8, 4) is 11.8 Å². The van der Waals surface area contributed by atoms with Gasteiger partial charge in [0.2, 0.25) is 29.5 Å². The van der Waals surface area contributed by atoms with Crippen LogP contribution >= 0.6 is 0 Å². The maximum Gasteiger partial charge on any atom is 0.515 e. The van der Waals surface area contributed by atoms with Crippen LogP contribution < -0.4 is 41.2 Å². The standard InChI is InChI=1S/C31H52N4O9Si.C30H47N5O9Si.C10H14N4O3/c1-18(44-45(14,15)31(11,12)13)21(36)19-16-20-22(32-17-19)33-24(34-23(20)40-27(39)43-30(8,9)10)35(25(37)41-28(2,3)4)26(38)42-29(5,6)7;1-17(44-45(14,15)30(11,12)13)20(36)18-16-31-21-19(32-18)22(40-26(39)43-29(8,9)10)34-23(33-21)35(24(37)41-27(2,3)4)25(38)42-28(5,6)7;1-4(15)7(16)5-2-6-8(12-3-5)13-10(11)14-9(6)17/h18-19H,16-17H2,1-15H3,(H,32,33,34);16-17H,1-15H3;4-5,15H,2-3H2,1H3,(H4,11,12,13,14,17)/t18-,19-;17-;4-,5-/m000/s1. The van der Waals surface area contributed by atoms with E-state index in [1.54, 1.807) is 138 Å². The second-order valence-corrected chi connectivity index (χ2v) is 44.4. The Bertz CT molecular complexity index is 3960. The molecule has 6 heterocycles. The highest BCUT2D eigenvalue weighted by atomic mass is 28.4. The van der Waals surface area contributed by atoms with Crippen LogP contribution in [0.15, 0.2) is 11.0 Å². The molecule has 0 aliphatic carbocycles. The van der Waals surface area contributed by atoms with Gasteiger partial charge in [0.05, 0.1) is 17.3 Å². The van der Waals surface area contributed by atoms with Crippen molar-refractivity contribution >= 4 is 111 Å². The molecule has 0 radical (unpaired) electrons. The molecule has 0 saturated heterocycles. The number of fused-ring (bicyclic) bond motifs is 3. The van der Waals surface area contributed by atoms with Gasteiger partial charge in [0.15, 0.2) is 39.4 Å². The molecule has 0 unspecified atom stereocenters. The van der Waals surface area contributed by atoms with Crippen LogP contribution in [0.4, 0.5) is 58.2 Å². The number of nitrogens with one attached hydrogen (secondary N) is 3. The average Bonchev–Trinajstić information content (AvgIpc) is 0.778. The Kier molecular flexibility index (Phi) is 28.5. The quantitative estimate of drug-likeness (QED) is 0.0339. The smallest absolute Gasteiger partial charge is 0.443 e. The van der Waals surface area contributed by atoms with E-state index < -0.39 is 141 Å². The molecule has 0 fully saturated rings. The topological polar surface area (TPSA) is 446 Å². The Morgan fingerprint density at radius 2 is 0.860 bits per heavy atom. The van der Waals surface area contributed by atoms with E-state index in [0.29, 0.717) is 33.3 Å². The number of ether oxygens (including phenoxy) is 8. The van der Waals surface area contributed by atoms with Gasteiger partial charge in [-0.1, -0.05) is 41.5 Å². The molecule has 0 aromatic carbocycles. The summed E-state index contributed by atoms with van der Waals surface area (Å²) in [7, 11) is -4.56. The number of aliphatic hydroxyl groups is 1. The second-order valence-electron chi connectivity index (χ2n) is 34.9. The minimum absolute atomic E-state index is 0.0431. The summed E-state index contributed by atoms with van der Waals surface area (Å²) in [6.07, 6.45) is -7.75. The molecule has 6 N–H and O–H groups in total. The van der Waals surface area contributed by atoms with Gasteiger partial charge in [-0.2, -0.15) is 24.9 Å². The number of nitrogens with two attached hydrogens (primary N) is 1. The zero-order valence-electron chi connectivity index (χ0n) is 68.0. The zero-order valence-corrected chi connectivity index (χ0v) is 70.0. The van der Waals surface area contributed by atoms with Crippen LogP contribution in [0.5, 0.6) is 11.8 Å². The molecule has 2 aliphatic heterocycles. The van der Waals surface area contributed by atoms with E-state index in [9.17, 15) is 53.1 Å². The Labute approximate surface area is 627 Å². The highest BCUT2D eigenvalue weighted by molar-refractivity contribution is 6.74. The fourth-order valence-electron chi connectivity index (χ4n) is 9.09. The third-order valence-electron chi connectivity index (χ3n) is 15.9. The Hall–Kier alpha value is -8.88. The molecule has 4 aromatic rings. The summed E-state index contributed by atoms with van der Waals surface area (Å²) in [5.41, 5.74) is -0.546. The highest BCUT2D eigenvalue weighted by Crippen LogP contribution is 2.41. The van der Waals surface area contributed by atoms with Crippen molar-refractivity contribution < 1.29 is 95.0 Å². The summed E-state index contributed by atoms with van der Waals surface area (Å²) in [6.45, 7) is 55.3. The van der Waals surface area contributed by atoms with Gasteiger partial charge in [-0.25, -0.2) is 38.7 Å². The van der Waals surface area contributed by atoms with E-state index in [1.807, 2.05) is 13.1 Å². The summed E-state index contributed by atoms with van der Waals surface area (Å²) >= 11 is 0.